The molecule has 1 aromatic carbocycles. The summed E-state index contributed by atoms with van der Waals surface area (Å²) in [5, 5.41) is 3.72. The predicted molar refractivity (Wildman–Crippen MR) is 69.2 cm³/mol. The standard InChI is InChI=1S/C12H14BrNS/c13-10-2-3-11-9(8-10)4-5-12(11)14-6-1-7-15-12/h2-3,8,14H,1,4-7H2. The summed E-state index contributed by atoms with van der Waals surface area (Å²) in [6.45, 7) is 1.17. The van der Waals surface area contributed by atoms with Crippen LogP contribution in [0.2, 0.25) is 0 Å². The Morgan fingerprint density at radius 2 is 2.33 bits per heavy atom. The average Bonchev–Trinajstić information content (AvgIpc) is 2.58. The van der Waals surface area contributed by atoms with E-state index in [0.717, 1.165) is 0 Å². The molecule has 1 saturated heterocycles. The van der Waals surface area contributed by atoms with Gasteiger partial charge in [-0.2, -0.15) is 0 Å². The minimum atomic E-state index is 0.244. The van der Waals surface area contributed by atoms with E-state index in [1.807, 2.05) is 0 Å². The lowest BCUT2D eigenvalue weighted by molar-refractivity contribution is 0.466. The van der Waals surface area contributed by atoms with Crippen molar-refractivity contribution in [2.45, 2.75) is 24.1 Å². The first-order valence-electron chi connectivity index (χ1n) is 5.48. The highest BCUT2D eigenvalue weighted by Gasteiger charge is 2.39. The number of fused-ring (bicyclic) bond motifs is 2. The summed E-state index contributed by atoms with van der Waals surface area (Å²) >= 11 is 5.65. The van der Waals surface area contributed by atoms with Crippen LogP contribution in [0.15, 0.2) is 22.7 Å². The number of thioether (sulfide) groups is 1. The van der Waals surface area contributed by atoms with Gasteiger partial charge in [-0.3, -0.25) is 5.32 Å². The van der Waals surface area contributed by atoms with Crippen LogP contribution in [-0.2, 0) is 11.3 Å². The monoisotopic (exact) mass is 283 g/mol. The van der Waals surface area contributed by atoms with Crippen LogP contribution in [0.4, 0.5) is 0 Å². The van der Waals surface area contributed by atoms with Crippen molar-refractivity contribution < 1.29 is 0 Å². The molecule has 1 aliphatic carbocycles. The number of aryl methyl sites for hydroxylation is 1. The Balaban J connectivity index is 2.03. The quantitative estimate of drug-likeness (QED) is 0.784. The maximum atomic E-state index is 3.72. The normalized spacial score (nSPS) is 29.4. The molecule has 1 aliphatic heterocycles. The predicted octanol–water partition coefficient (Wildman–Crippen LogP) is 3.27. The lowest BCUT2D eigenvalue weighted by Gasteiger charge is -2.35. The number of nitrogens with one attached hydrogen (secondary N) is 1. The highest BCUT2D eigenvalue weighted by atomic mass is 79.9. The molecule has 1 spiro atoms. The Hall–Kier alpha value is 0.01000. The fourth-order valence-electron chi connectivity index (χ4n) is 2.60. The van der Waals surface area contributed by atoms with E-state index in [2.05, 4.69) is 51.2 Å². The van der Waals surface area contributed by atoms with Crippen LogP contribution in [0, 0.1) is 0 Å². The number of halogens is 1. The molecule has 1 fully saturated rings. The number of hydrogen-bond donors (Lipinski definition) is 1. The molecule has 3 rings (SSSR count). The Morgan fingerprint density at radius 3 is 3.13 bits per heavy atom. The molecule has 3 heteroatoms. The molecular formula is C12H14BrNS. The second-order valence-electron chi connectivity index (χ2n) is 4.26. The van der Waals surface area contributed by atoms with E-state index in [4.69, 9.17) is 0 Å². The molecule has 1 heterocycles. The van der Waals surface area contributed by atoms with Crippen LogP contribution in [0.3, 0.4) is 0 Å². The summed E-state index contributed by atoms with van der Waals surface area (Å²) in [7, 11) is 0. The van der Waals surface area contributed by atoms with Gasteiger partial charge >= 0.3 is 0 Å². The minimum absolute atomic E-state index is 0.244. The van der Waals surface area contributed by atoms with Crippen molar-refractivity contribution in [1.29, 1.82) is 0 Å². The molecule has 1 atom stereocenters. The van der Waals surface area contributed by atoms with Crippen molar-refractivity contribution in [1.82, 2.24) is 5.32 Å². The highest BCUT2D eigenvalue weighted by Crippen LogP contribution is 2.47. The second kappa shape index (κ2) is 3.79. The zero-order valence-corrected chi connectivity index (χ0v) is 11.0. The lowest BCUT2D eigenvalue weighted by Crippen LogP contribution is -2.41. The first-order chi connectivity index (χ1) is 7.30. The first kappa shape index (κ1) is 10.2. The third kappa shape index (κ3) is 1.65. The van der Waals surface area contributed by atoms with Gasteiger partial charge in [0.2, 0.25) is 0 Å². The van der Waals surface area contributed by atoms with Crippen molar-refractivity contribution in [2.24, 2.45) is 0 Å². The molecule has 0 bridgehead atoms. The van der Waals surface area contributed by atoms with E-state index in [1.165, 1.54) is 47.2 Å². The largest absolute Gasteiger partial charge is 0.299 e. The smallest absolute Gasteiger partial charge is 0.0907 e. The van der Waals surface area contributed by atoms with Gasteiger partial charge in [0, 0.05) is 4.47 Å². The topological polar surface area (TPSA) is 12.0 Å². The van der Waals surface area contributed by atoms with Crippen LogP contribution >= 0.6 is 27.7 Å². The molecule has 1 aromatic rings. The van der Waals surface area contributed by atoms with E-state index in [1.54, 1.807) is 0 Å². The SMILES string of the molecule is Brc1ccc2c(c1)CCC21NCCCS1. The van der Waals surface area contributed by atoms with Gasteiger partial charge in [0.15, 0.2) is 0 Å². The third-order valence-corrected chi connectivity index (χ3v) is 5.38. The van der Waals surface area contributed by atoms with Crippen molar-refractivity contribution >= 4 is 27.7 Å². The van der Waals surface area contributed by atoms with Crippen molar-refractivity contribution in [3.05, 3.63) is 33.8 Å². The third-order valence-electron chi connectivity index (χ3n) is 3.33. The highest BCUT2D eigenvalue weighted by molar-refractivity contribution is 9.10. The van der Waals surface area contributed by atoms with Gasteiger partial charge in [-0.25, -0.2) is 0 Å². The van der Waals surface area contributed by atoms with Crippen molar-refractivity contribution in [2.75, 3.05) is 12.3 Å². The summed E-state index contributed by atoms with van der Waals surface area (Å²) in [6, 6.07) is 6.74. The zero-order chi connectivity index (χ0) is 10.3. The minimum Gasteiger partial charge on any atom is -0.299 e. The van der Waals surface area contributed by atoms with Gasteiger partial charge in [0.1, 0.15) is 0 Å². The van der Waals surface area contributed by atoms with Gasteiger partial charge in [-0.1, -0.05) is 22.0 Å². The average molecular weight is 284 g/mol. The van der Waals surface area contributed by atoms with E-state index < -0.39 is 0 Å². The Labute approximate surface area is 103 Å². The van der Waals surface area contributed by atoms with E-state index in [0.29, 0.717) is 0 Å². The van der Waals surface area contributed by atoms with Gasteiger partial charge in [-0.15, -0.1) is 11.8 Å². The fourth-order valence-corrected chi connectivity index (χ4v) is 4.45. The lowest BCUT2D eigenvalue weighted by atomic mass is 10.1. The Bertz CT molecular complexity index is 385. The molecule has 80 valence electrons. The molecule has 1 unspecified atom stereocenters. The second-order valence-corrected chi connectivity index (χ2v) is 6.57. The fraction of sp³-hybridized carbons (Fsp3) is 0.500. The van der Waals surface area contributed by atoms with Gasteiger partial charge in [-0.05, 0) is 54.8 Å². The van der Waals surface area contributed by atoms with Gasteiger partial charge in [0.05, 0.1) is 4.87 Å². The Kier molecular flexibility index (Phi) is 2.57. The molecule has 1 nitrogen and oxygen atoms in total. The molecule has 0 aromatic heterocycles. The zero-order valence-electron chi connectivity index (χ0n) is 8.55. The Morgan fingerprint density at radius 1 is 1.40 bits per heavy atom. The number of hydrogen-bond acceptors (Lipinski definition) is 2. The van der Waals surface area contributed by atoms with Crippen LogP contribution in [0.5, 0.6) is 0 Å². The molecule has 2 aliphatic rings. The maximum absolute atomic E-state index is 3.72. The maximum Gasteiger partial charge on any atom is 0.0907 e. The van der Waals surface area contributed by atoms with E-state index in [-0.39, 0.29) is 4.87 Å². The first-order valence-corrected chi connectivity index (χ1v) is 7.26. The van der Waals surface area contributed by atoms with Crippen LogP contribution in [0.1, 0.15) is 24.0 Å². The molecule has 0 radical (unpaired) electrons. The van der Waals surface area contributed by atoms with Gasteiger partial charge in [0.25, 0.3) is 0 Å². The molecule has 0 amide bonds. The summed E-state index contributed by atoms with van der Waals surface area (Å²) in [5.41, 5.74) is 3.04. The van der Waals surface area contributed by atoms with Gasteiger partial charge < -0.3 is 0 Å². The number of rotatable bonds is 0. The summed E-state index contributed by atoms with van der Waals surface area (Å²) in [6.07, 6.45) is 3.77. The molecule has 0 saturated carbocycles. The van der Waals surface area contributed by atoms with Crippen molar-refractivity contribution in [3.63, 3.8) is 0 Å². The summed E-state index contributed by atoms with van der Waals surface area (Å²) < 4.78 is 1.21. The van der Waals surface area contributed by atoms with E-state index in [9.17, 15) is 0 Å². The van der Waals surface area contributed by atoms with E-state index >= 15 is 0 Å². The summed E-state index contributed by atoms with van der Waals surface area (Å²) in [5.74, 6) is 1.29. The summed E-state index contributed by atoms with van der Waals surface area (Å²) in [4.78, 5) is 0.244. The molecular weight excluding hydrogens is 270 g/mol. The van der Waals surface area contributed by atoms with Crippen LogP contribution in [-0.4, -0.2) is 12.3 Å². The van der Waals surface area contributed by atoms with Crippen LogP contribution < -0.4 is 5.32 Å². The van der Waals surface area contributed by atoms with Crippen molar-refractivity contribution in [3.8, 4) is 0 Å². The molecule has 15 heavy (non-hydrogen) atoms. The number of benzene rings is 1. The van der Waals surface area contributed by atoms with Crippen LogP contribution in [0.25, 0.3) is 0 Å². The molecule has 1 N–H and O–H groups in total.